The predicted octanol–water partition coefficient (Wildman–Crippen LogP) is -0.0268. The molecule has 1 aliphatic rings. The van der Waals surface area contributed by atoms with Crippen molar-refractivity contribution in [1.82, 2.24) is 10.2 Å². The molecular weight excluding hydrogens is 240 g/mol. The zero-order chi connectivity index (χ0) is 12.3. The first-order valence-corrected chi connectivity index (χ1v) is 7.12. The Bertz CT molecular complexity index is 550. The van der Waals surface area contributed by atoms with Crippen molar-refractivity contribution in [3.63, 3.8) is 0 Å². The number of hydrogen-bond donors (Lipinski definition) is 0. The Kier molecular flexibility index (Phi) is 3.24. The number of hydrogen-bond acceptors (Lipinski definition) is 6. The lowest BCUT2D eigenvalue weighted by Crippen LogP contribution is -2.28. The molecule has 2 heterocycles. The summed E-state index contributed by atoms with van der Waals surface area (Å²) in [5, 5.41) is 16.6. The molecule has 0 spiro atoms. The van der Waals surface area contributed by atoms with Gasteiger partial charge in [-0.1, -0.05) is 0 Å². The normalized spacial score (nSPS) is 19.4. The van der Waals surface area contributed by atoms with Gasteiger partial charge < -0.3 is 4.90 Å². The van der Waals surface area contributed by atoms with Crippen LogP contribution in [0, 0.1) is 11.3 Å². The summed E-state index contributed by atoms with van der Waals surface area (Å²) >= 11 is 0. The van der Waals surface area contributed by atoms with Crippen molar-refractivity contribution >= 4 is 15.7 Å². The molecule has 0 saturated carbocycles. The summed E-state index contributed by atoms with van der Waals surface area (Å²) in [7, 11) is -2.95. The monoisotopic (exact) mass is 252 g/mol. The van der Waals surface area contributed by atoms with E-state index in [1.165, 1.54) is 6.20 Å². The van der Waals surface area contributed by atoms with E-state index in [1.807, 2.05) is 11.0 Å². The van der Waals surface area contributed by atoms with E-state index in [4.69, 9.17) is 5.26 Å². The van der Waals surface area contributed by atoms with Crippen LogP contribution in [0.3, 0.4) is 0 Å². The number of nitriles is 1. The summed E-state index contributed by atoms with van der Waals surface area (Å²) in [6.45, 7) is 0.961. The summed E-state index contributed by atoms with van der Waals surface area (Å²) in [5.74, 6) is 0.784. The van der Waals surface area contributed by atoms with Gasteiger partial charge >= 0.3 is 0 Å². The molecule has 0 aliphatic carbocycles. The van der Waals surface area contributed by atoms with Crippen LogP contribution in [0.5, 0.6) is 0 Å². The summed E-state index contributed by atoms with van der Waals surface area (Å²) in [6, 6.07) is 3.63. The van der Waals surface area contributed by atoms with Crippen LogP contribution >= 0.6 is 0 Å². The van der Waals surface area contributed by atoms with E-state index in [2.05, 4.69) is 10.2 Å². The molecular formula is C10H12N4O2S. The minimum Gasteiger partial charge on any atom is -0.353 e. The van der Waals surface area contributed by atoms with Crippen LogP contribution in [-0.4, -0.2) is 43.2 Å². The summed E-state index contributed by atoms with van der Waals surface area (Å²) in [5.41, 5.74) is 0.430. The van der Waals surface area contributed by atoms with E-state index in [0.29, 0.717) is 30.9 Å². The molecule has 0 N–H and O–H groups in total. The maximum absolute atomic E-state index is 11.5. The van der Waals surface area contributed by atoms with E-state index in [9.17, 15) is 8.42 Å². The Morgan fingerprint density at radius 3 is 2.94 bits per heavy atom. The number of rotatable bonds is 1. The van der Waals surface area contributed by atoms with Crippen molar-refractivity contribution in [3.8, 4) is 6.07 Å². The quantitative estimate of drug-likeness (QED) is 0.697. The third-order valence-electron chi connectivity index (χ3n) is 2.68. The molecule has 1 saturated heterocycles. The molecule has 1 aromatic heterocycles. The molecule has 6 nitrogen and oxygen atoms in total. The molecule has 90 valence electrons. The van der Waals surface area contributed by atoms with E-state index in [1.54, 1.807) is 6.07 Å². The molecule has 1 aliphatic heterocycles. The largest absolute Gasteiger partial charge is 0.353 e. The molecule has 7 heteroatoms. The van der Waals surface area contributed by atoms with Gasteiger partial charge in [-0.15, -0.1) is 5.10 Å². The molecule has 0 atom stereocenters. The minimum absolute atomic E-state index is 0.106. The third-order valence-corrected chi connectivity index (χ3v) is 4.39. The van der Waals surface area contributed by atoms with Gasteiger partial charge in [0.2, 0.25) is 0 Å². The average molecular weight is 252 g/mol. The Labute approximate surface area is 99.8 Å². The smallest absolute Gasteiger partial charge is 0.169 e. The lowest BCUT2D eigenvalue weighted by atomic mass is 10.3. The van der Waals surface area contributed by atoms with E-state index >= 15 is 0 Å². The fraction of sp³-hybridized carbons (Fsp3) is 0.500. The van der Waals surface area contributed by atoms with Crippen molar-refractivity contribution in [2.24, 2.45) is 0 Å². The molecule has 1 aromatic rings. The highest BCUT2D eigenvalue weighted by Gasteiger charge is 2.21. The minimum atomic E-state index is -2.95. The molecule has 0 bridgehead atoms. The van der Waals surface area contributed by atoms with Crippen molar-refractivity contribution in [2.45, 2.75) is 6.42 Å². The molecule has 17 heavy (non-hydrogen) atoms. The van der Waals surface area contributed by atoms with Crippen LogP contribution in [0.4, 0.5) is 5.82 Å². The highest BCUT2D eigenvalue weighted by molar-refractivity contribution is 7.91. The number of nitrogens with zero attached hydrogens (tertiary/aromatic N) is 4. The second-order valence-electron chi connectivity index (χ2n) is 3.87. The molecule has 0 aromatic carbocycles. The Balaban J connectivity index is 2.26. The fourth-order valence-electron chi connectivity index (χ4n) is 1.80. The summed E-state index contributed by atoms with van der Waals surface area (Å²) < 4.78 is 22.9. The van der Waals surface area contributed by atoms with E-state index in [-0.39, 0.29) is 11.5 Å². The average Bonchev–Trinajstić information content (AvgIpc) is 2.50. The number of aromatic nitrogens is 2. The van der Waals surface area contributed by atoms with E-state index < -0.39 is 9.84 Å². The first-order chi connectivity index (χ1) is 8.12. The maximum Gasteiger partial charge on any atom is 0.169 e. The molecule has 0 amide bonds. The second-order valence-corrected chi connectivity index (χ2v) is 6.18. The van der Waals surface area contributed by atoms with Gasteiger partial charge in [0, 0.05) is 13.1 Å². The number of sulfone groups is 1. The maximum atomic E-state index is 11.5. The molecule has 0 unspecified atom stereocenters. The van der Waals surface area contributed by atoms with Gasteiger partial charge in [0.15, 0.2) is 15.7 Å². The number of anilines is 1. The Morgan fingerprint density at radius 1 is 1.35 bits per heavy atom. The fourth-order valence-corrected chi connectivity index (χ4v) is 3.07. The molecule has 2 rings (SSSR count). The van der Waals surface area contributed by atoms with Gasteiger partial charge in [-0.2, -0.15) is 10.4 Å². The topological polar surface area (TPSA) is 86.9 Å². The van der Waals surface area contributed by atoms with Crippen LogP contribution in [-0.2, 0) is 9.84 Å². The Morgan fingerprint density at radius 2 is 2.18 bits per heavy atom. The van der Waals surface area contributed by atoms with Crippen molar-refractivity contribution in [3.05, 3.63) is 17.8 Å². The molecule has 0 radical (unpaired) electrons. The summed E-state index contributed by atoms with van der Waals surface area (Å²) in [6.07, 6.45) is 2.01. The van der Waals surface area contributed by atoms with Gasteiger partial charge in [-0.25, -0.2) is 8.42 Å². The lowest BCUT2D eigenvalue weighted by Gasteiger charge is -2.20. The van der Waals surface area contributed by atoms with Crippen molar-refractivity contribution in [1.29, 1.82) is 5.26 Å². The standard InChI is InChI=1S/C10H12N4O2S/c11-8-9-2-3-12-13-10(9)14-4-1-6-17(15,16)7-5-14/h2-3H,1,4-7H2. The van der Waals surface area contributed by atoms with Gasteiger partial charge in [0.05, 0.1) is 23.3 Å². The zero-order valence-corrected chi connectivity index (χ0v) is 10.0. The first-order valence-electron chi connectivity index (χ1n) is 5.29. The van der Waals surface area contributed by atoms with Gasteiger partial charge in [0.1, 0.15) is 6.07 Å². The van der Waals surface area contributed by atoms with Crippen LogP contribution in [0.2, 0.25) is 0 Å². The molecule has 1 fully saturated rings. The van der Waals surface area contributed by atoms with Crippen LogP contribution < -0.4 is 4.90 Å². The van der Waals surface area contributed by atoms with Crippen LogP contribution in [0.25, 0.3) is 0 Å². The zero-order valence-electron chi connectivity index (χ0n) is 9.20. The SMILES string of the molecule is N#Cc1ccnnc1N1CCCS(=O)(=O)CC1. The van der Waals surface area contributed by atoms with Gasteiger partial charge in [-0.05, 0) is 12.5 Å². The van der Waals surface area contributed by atoms with Gasteiger partial charge in [-0.3, -0.25) is 0 Å². The Hall–Kier alpha value is -1.68. The van der Waals surface area contributed by atoms with Crippen molar-refractivity contribution < 1.29 is 8.42 Å². The van der Waals surface area contributed by atoms with Crippen LogP contribution in [0.1, 0.15) is 12.0 Å². The van der Waals surface area contributed by atoms with E-state index in [0.717, 1.165) is 0 Å². The van der Waals surface area contributed by atoms with Crippen molar-refractivity contribution in [2.75, 3.05) is 29.5 Å². The van der Waals surface area contributed by atoms with Gasteiger partial charge in [0.25, 0.3) is 0 Å². The van der Waals surface area contributed by atoms with Crippen LogP contribution in [0.15, 0.2) is 12.3 Å². The first kappa shape index (κ1) is 11.8. The lowest BCUT2D eigenvalue weighted by molar-refractivity contribution is 0.597. The predicted molar refractivity (Wildman–Crippen MR) is 62.2 cm³/mol. The highest BCUT2D eigenvalue weighted by Crippen LogP contribution is 2.17. The summed E-state index contributed by atoms with van der Waals surface area (Å²) in [4.78, 5) is 1.82. The second kappa shape index (κ2) is 4.67. The third kappa shape index (κ3) is 2.71. The highest BCUT2D eigenvalue weighted by atomic mass is 32.2.